The molecule has 1 heterocycles. The van der Waals surface area contributed by atoms with Gasteiger partial charge >= 0.3 is 0 Å². The van der Waals surface area contributed by atoms with Crippen LogP contribution in [0.2, 0.25) is 5.02 Å². The van der Waals surface area contributed by atoms with E-state index in [1.165, 1.54) is 0 Å². The van der Waals surface area contributed by atoms with Crippen molar-refractivity contribution in [3.63, 3.8) is 0 Å². The summed E-state index contributed by atoms with van der Waals surface area (Å²) >= 11 is 6.13. The number of halogens is 1. The monoisotopic (exact) mass is 223 g/mol. The lowest BCUT2D eigenvalue weighted by molar-refractivity contribution is 0.576. The van der Waals surface area contributed by atoms with Crippen LogP contribution in [0.5, 0.6) is 0 Å². The summed E-state index contributed by atoms with van der Waals surface area (Å²) in [6.07, 6.45) is 0.937. The van der Waals surface area contributed by atoms with Gasteiger partial charge in [-0.15, -0.1) is 0 Å². The fraction of sp³-hybridized carbons (Fsp3) is 0.364. The number of fused-ring (bicyclic) bond motifs is 1. The van der Waals surface area contributed by atoms with Crippen molar-refractivity contribution in [1.82, 2.24) is 9.78 Å². The predicted molar refractivity (Wildman–Crippen MR) is 63.2 cm³/mol. The van der Waals surface area contributed by atoms with E-state index in [4.69, 9.17) is 17.3 Å². The number of aryl methyl sites for hydroxylation is 2. The molecule has 0 aliphatic carbocycles. The Morgan fingerprint density at radius 2 is 2.27 bits per heavy atom. The third-order valence-electron chi connectivity index (χ3n) is 2.54. The molecule has 0 unspecified atom stereocenters. The zero-order valence-electron chi connectivity index (χ0n) is 8.70. The molecule has 0 amide bonds. The molecular formula is C11H14ClN3. The second-order valence-corrected chi connectivity index (χ2v) is 3.99. The van der Waals surface area contributed by atoms with Gasteiger partial charge in [0.2, 0.25) is 0 Å². The van der Waals surface area contributed by atoms with Crippen LogP contribution in [-0.2, 0) is 6.54 Å². The standard InChI is InChI=1S/C11H14ClN3/c1-8-11-9(12)4-2-5-10(11)14-15(8)7-3-6-13/h2,4-5H,3,6-7,13H2,1H3. The highest BCUT2D eigenvalue weighted by Gasteiger charge is 2.09. The minimum absolute atomic E-state index is 0.684. The van der Waals surface area contributed by atoms with Crippen molar-refractivity contribution < 1.29 is 0 Å². The number of nitrogens with two attached hydrogens (primary N) is 1. The Bertz CT molecular complexity index is 476. The molecule has 0 spiro atoms. The van der Waals surface area contributed by atoms with Crippen LogP contribution in [0.15, 0.2) is 18.2 Å². The molecule has 15 heavy (non-hydrogen) atoms. The largest absolute Gasteiger partial charge is 0.330 e. The van der Waals surface area contributed by atoms with Crippen LogP contribution < -0.4 is 5.73 Å². The number of benzene rings is 1. The third kappa shape index (κ3) is 1.85. The van der Waals surface area contributed by atoms with Crippen LogP contribution in [0.1, 0.15) is 12.1 Å². The van der Waals surface area contributed by atoms with Gasteiger partial charge in [-0.2, -0.15) is 5.10 Å². The van der Waals surface area contributed by atoms with Crippen LogP contribution in [0, 0.1) is 6.92 Å². The first-order valence-electron chi connectivity index (χ1n) is 5.05. The maximum atomic E-state index is 6.13. The van der Waals surface area contributed by atoms with Gasteiger partial charge in [0.25, 0.3) is 0 Å². The Morgan fingerprint density at radius 3 is 2.93 bits per heavy atom. The highest BCUT2D eigenvalue weighted by molar-refractivity contribution is 6.35. The second-order valence-electron chi connectivity index (χ2n) is 3.58. The zero-order chi connectivity index (χ0) is 10.8. The van der Waals surface area contributed by atoms with E-state index in [0.717, 1.165) is 34.6 Å². The normalized spacial score (nSPS) is 11.1. The van der Waals surface area contributed by atoms with Gasteiger partial charge in [0, 0.05) is 17.6 Å². The summed E-state index contributed by atoms with van der Waals surface area (Å²) in [6, 6.07) is 5.80. The molecule has 0 saturated heterocycles. The van der Waals surface area contributed by atoms with E-state index >= 15 is 0 Å². The summed E-state index contributed by atoms with van der Waals surface area (Å²) in [5.74, 6) is 0. The van der Waals surface area contributed by atoms with Crippen LogP contribution in [-0.4, -0.2) is 16.3 Å². The molecule has 3 nitrogen and oxygen atoms in total. The highest BCUT2D eigenvalue weighted by Crippen LogP contribution is 2.25. The van der Waals surface area contributed by atoms with Crippen LogP contribution in [0.25, 0.3) is 10.9 Å². The smallest absolute Gasteiger partial charge is 0.0941 e. The second kappa shape index (κ2) is 4.21. The van der Waals surface area contributed by atoms with E-state index in [9.17, 15) is 0 Å². The molecule has 0 fully saturated rings. The van der Waals surface area contributed by atoms with Gasteiger partial charge < -0.3 is 5.73 Å². The summed E-state index contributed by atoms with van der Waals surface area (Å²) in [4.78, 5) is 0. The van der Waals surface area contributed by atoms with Crippen molar-refractivity contribution in [3.8, 4) is 0 Å². The van der Waals surface area contributed by atoms with E-state index in [2.05, 4.69) is 5.10 Å². The van der Waals surface area contributed by atoms with Crippen LogP contribution in [0.3, 0.4) is 0 Å². The first kappa shape index (κ1) is 10.5. The van der Waals surface area contributed by atoms with Crippen molar-refractivity contribution >= 4 is 22.5 Å². The van der Waals surface area contributed by atoms with Crippen LogP contribution >= 0.6 is 11.6 Å². The fourth-order valence-electron chi connectivity index (χ4n) is 1.75. The number of hydrogen-bond donors (Lipinski definition) is 1. The van der Waals surface area contributed by atoms with Gasteiger partial charge in [0.15, 0.2) is 0 Å². The molecule has 2 rings (SSSR count). The van der Waals surface area contributed by atoms with Crippen molar-refractivity contribution in [2.75, 3.05) is 6.54 Å². The van der Waals surface area contributed by atoms with Gasteiger partial charge in [0.05, 0.1) is 10.5 Å². The van der Waals surface area contributed by atoms with E-state index in [1.54, 1.807) is 0 Å². The van der Waals surface area contributed by atoms with Gasteiger partial charge in [-0.25, -0.2) is 0 Å². The first-order chi connectivity index (χ1) is 7.24. The number of aromatic nitrogens is 2. The topological polar surface area (TPSA) is 43.8 Å². The van der Waals surface area contributed by atoms with E-state index in [1.807, 2.05) is 29.8 Å². The SMILES string of the molecule is Cc1c2c(Cl)cccc2nn1CCCN. The summed E-state index contributed by atoms with van der Waals surface area (Å²) < 4.78 is 1.98. The number of hydrogen-bond acceptors (Lipinski definition) is 2. The lowest BCUT2D eigenvalue weighted by Crippen LogP contribution is -2.07. The minimum Gasteiger partial charge on any atom is -0.330 e. The summed E-state index contributed by atoms with van der Waals surface area (Å²) in [7, 11) is 0. The highest BCUT2D eigenvalue weighted by atomic mass is 35.5. The molecule has 0 aliphatic rings. The van der Waals surface area contributed by atoms with Crippen molar-refractivity contribution in [2.24, 2.45) is 5.73 Å². The maximum Gasteiger partial charge on any atom is 0.0941 e. The zero-order valence-corrected chi connectivity index (χ0v) is 9.46. The average molecular weight is 224 g/mol. The fourth-order valence-corrected chi connectivity index (χ4v) is 2.05. The lowest BCUT2D eigenvalue weighted by Gasteiger charge is -2.01. The van der Waals surface area contributed by atoms with Crippen LogP contribution in [0.4, 0.5) is 0 Å². The summed E-state index contributed by atoms with van der Waals surface area (Å²) in [5, 5.41) is 6.31. The average Bonchev–Trinajstić information content (AvgIpc) is 2.54. The lowest BCUT2D eigenvalue weighted by atomic mass is 10.2. The molecule has 80 valence electrons. The number of nitrogens with zero attached hydrogens (tertiary/aromatic N) is 2. The van der Waals surface area contributed by atoms with Crippen molar-refractivity contribution in [1.29, 1.82) is 0 Å². The molecule has 0 radical (unpaired) electrons. The summed E-state index contributed by atoms with van der Waals surface area (Å²) in [6.45, 7) is 3.58. The van der Waals surface area contributed by atoms with E-state index in [0.29, 0.717) is 6.54 Å². The molecule has 0 atom stereocenters. The number of rotatable bonds is 3. The first-order valence-corrected chi connectivity index (χ1v) is 5.43. The predicted octanol–water partition coefficient (Wildman–Crippen LogP) is 2.35. The molecule has 2 aromatic rings. The maximum absolute atomic E-state index is 6.13. The van der Waals surface area contributed by atoms with Gasteiger partial charge in [-0.3, -0.25) is 4.68 Å². The van der Waals surface area contributed by atoms with Gasteiger partial charge in [-0.05, 0) is 32.0 Å². The Hall–Kier alpha value is -1.06. The van der Waals surface area contributed by atoms with Crippen molar-refractivity contribution in [3.05, 3.63) is 28.9 Å². The quantitative estimate of drug-likeness (QED) is 0.868. The molecule has 1 aromatic heterocycles. The van der Waals surface area contributed by atoms with Gasteiger partial charge in [-0.1, -0.05) is 17.7 Å². The Balaban J connectivity index is 2.50. The Labute approximate surface area is 93.8 Å². The Morgan fingerprint density at radius 1 is 1.47 bits per heavy atom. The third-order valence-corrected chi connectivity index (χ3v) is 2.86. The molecule has 0 aliphatic heterocycles. The van der Waals surface area contributed by atoms with E-state index in [-0.39, 0.29) is 0 Å². The summed E-state index contributed by atoms with van der Waals surface area (Å²) in [5.41, 5.74) is 7.55. The molecule has 4 heteroatoms. The molecule has 0 saturated carbocycles. The Kier molecular flexibility index (Phi) is 2.93. The van der Waals surface area contributed by atoms with Gasteiger partial charge in [0.1, 0.15) is 0 Å². The molecule has 0 bridgehead atoms. The van der Waals surface area contributed by atoms with E-state index < -0.39 is 0 Å². The molecule has 2 N–H and O–H groups in total. The minimum atomic E-state index is 0.684. The molecular weight excluding hydrogens is 210 g/mol. The van der Waals surface area contributed by atoms with Crippen molar-refractivity contribution in [2.45, 2.75) is 19.9 Å². The molecule has 1 aromatic carbocycles.